The summed E-state index contributed by atoms with van der Waals surface area (Å²) in [7, 11) is 0. The molecule has 0 fully saturated rings. The zero-order valence-corrected chi connectivity index (χ0v) is 17.9. The summed E-state index contributed by atoms with van der Waals surface area (Å²) in [6, 6.07) is 8.76. The molecule has 4 nitrogen and oxygen atoms in total. The number of ether oxygens (including phenoxy) is 1. The van der Waals surface area contributed by atoms with Crippen molar-refractivity contribution < 1.29 is 22.7 Å². The first kappa shape index (κ1) is 21.4. The number of fused-ring (bicyclic) bond motifs is 1. The van der Waals surface area contributed by atoms with E-state index in [0.29, 0.717) is 11.2 Å². The summed E-state index contributed by atoms with van der Waals surface area (Å²) >= 11 is 6.04. The molecule has 3 rings (SSSR count). The molecule has 1 heterocycles. The molecule has 0 saturated heterocycles. The predicted molar refractivity (Wildman–Crippen MR) is 92.4 cm³/mol. The van der Waals surface area contributed by atoms with Crippen LogP contribution in [0.5, 0.6) is 5.75 Å². The van der Waals surface area contributed by atoms with Crippen LogP contribution in [0, 0.1) is 12.7 Å². The summed E-state index contributed by atoms with van der Waals surface area (Å²) in [6.45, 7) is 1.80. The second kappa shape index (κ2) is 8.86. The van der Waals surface area contributed by atoms with E-state index >= 15 is 0 Å². The molecule has 3 aromatic rings. The van der Waals surface area contributed by atoms with Crippen LogP contribution in [0.3, 0.4) is 0 Å². The molecular weight excluding hydrogens is 396 g/mol. The van der Waals surface area contributed by atoms with Crippen molar-refractivity contribution >= 4 is 79.9 Å². The van der Waals surface area contributed by atoms with Crippen LogP contribution < -0.4 is 4.74 Å². The smallest absolute Gasteiger partial charge is 0.379 e. The number of hydrogen-bond acceptors (Lipinski definition) is 3. The van der Waals surface area contributed by atoms with Crippen LogP contribution in [-0.4, -0.2) is 73.6 Å². The number of hydrogen-bond donors (Lipinski definition) is 0. The standard InChI is InChI=1S/C17H12ClF3N2O2.K/c1-9-11-6-5-10(25-17(24)16(20)21)7-15(11)23(22-9)8-12-13(18)3-2-4-14(12)19;/h2-7,16H,8H2,1H3;. The first-order valence-electron chi connectivity index (χ1n) is 7.26. The SMILES string of the molecule is Cc1nn(Cc2c(F)cccc2Cl)c2cc(OC(=O)C(F)F)ccc12.[K]. The zero-order valence-electron chi connectivity index (χ0n) is 14.0. The van der Waals surface area contributed by atoms with Crippen molar-refractivity contribution in [1.82, 2.24) is 9.78 Å². The van der Waals surface area contributed by atoms with Gasteiger partial charge in [0, 0.05) is 73.4 Å². The van der Waals surface area contributed by atoms with Crippen LogP contribution in [0.1, 0.15) is 11.3 Å². The number of esters is 1. The van der Waals surface area contributed by atoms with E-state index in [2.05, 4.69) is 9.84 Å². The van der Waals surface area contributed by atoms with Crippen molar-refractivity contribution in [2.75, 3.05) is 0 Å². The Balaban J connectivity index is 0.00000243. The van der Waals surface area contributed by atoms with Gasteiger partial charge in [0.1, 0.15) is 11.6 Å². The minimum atomic E-state index is -3.22. The van der Waals surface area contributed by atoms with Crippen LogP contribution in [0.2, 0.25) is 5.02 Å². The number of aryl methyl sites for hydroxylation is 1. The summed E-state index contributed by atoms with van der Waals surface area (Å²) in [5, 5.41) is 5.30. The first-order chi connectivity index (χ1) is 11.9. The van der Waals surface area contributed by atoms with Gasteiger partial charge >= 0.3 is 12.4 Å². The van der Waals surface area contributed by atoms with Crippen molar-refractivity contribution in [2.45, 2.75) is 19.9 Å². The van der Waals surface area contributed by atoms with Gasteiger partial charge in [-0.15, -0.1) is 0 Å². The Morgan fingerprint density at radius 1 is 1.31 bits per heavy atom. The van der Waals surface area contributed by atoms with Gasteiger partial charge in [-0.2, -0.15) is 13.9 Å². The molecule has 1 radical (unpaired) electrons. The largest absolute Gasteiger partial charge is 0.422 e. The van der Waals surface area contributed by atoms with E-state index in [9.17, 15) is 18.0 Å². The van der Waals surface area contributed by atoms with Gasteiger partial charge in [-0.1, -0.05) is 17.7 Å². The molecule has 9 heteroatoms. The molecule has 0 aliphatic carbocycles. The van der Waals surface area contributed by atoms with Crippen LogP contribution in [0.15, 0.2) is 36.4 Å². The fourth-order valence-electron chi connectivity index (χ4n) is 2.50. The number of benzene rings is 2. The molecule has 0 saturated carbocycles. The van der Waals surface area contributed by atoms with Gasteiger partial charge in [-0.05, 0) is 31.2 Å². The van der Waals surface area contributed by atoms with E-state index in [4.69, 9.17) is 11.6 Å². The molecular formula is C17H12ClF3KN2O2. The molecule has 131 valence electrons. The zero-order chi connectivity index (χ0) is 18.1. The normalized spacial score (nSPS) is 10.8. The molecule has 0 aliphatic rings. The third-order valence-electron chi connectivity index (χ3n) is 3.67. The maximum absolute atomic E-state index is 14.0. The average Bonchev–Trinajstić information content (AvgIpc) is 2.86. The molecule has 0 unspecified atom stereocenters. The fraction of sp³-hybridized carbons (Fsp3) is 0.176. The number of aromatic nitrogens is 2. The fourth-order valence-corrected chi connectivity index (χ4v) is 2.72. The minimum Gasteiger partial charge on any atom is -0.422 e. The Kier molecular flexibility index (Phi) is 7.29. The van der Waals surface area contributed by atoms with Crippen molar-refractivity contribution in [1.29, 1.82) is 0 Å². The van der Waals surface area contributed by atoms with Crippen LogP contribution in [0.4, 0.5) is 13.2 Å². The van der Waals surface area contributed by atoms with E-state index in [-0.39, 0.29) is 74.3 Å². The van der Waals surface area contributed by atoms with Gasteiger partial charge in [0.05, 0.1) is 17.8 Å². The van der Waals surface area contributed by atoms with E-state index in [1.165, 1.54) is 28.9 Å². The molecule has 0 amide bonds. The molecule has 1 aromatic heterocycles. The Morgan fingerprint density at radius 3 is 2.69 bits per heavy atom. The monoisotopic (exact) mass is 407 g/mol. The summed E-state index contributed by atoms with van der Waals surface area (Å²) in [5.41, 5.74) is 1.43. The number of alkyl halides is 2. The summed E-state index contributed by atoms with van der Waals surface area (Å²) in [4.78, 5) is 11.1. The quantitative estimate of drug-likeness (QED) is 0.373. The second-order valence-electron chi connectivity index (χ2n) is 5.34. The van der Waals surface area contributed by atoms with Crippen molar-refractivity contribution in [3.63, 3.8) is 0 Å². The maximum atomic E-state index is 14.0. The van der Waals surface area contributed by atoms with Gasteiger partial charge in [0.25, 0.3) is 0 Å². The van der Waals surface area contributed by atoms with Gasteiger partial charge in [-0.25, -0.2) is 9.18 Å². The van der Waals surface area contributed by atoms with Gasteiger partial charge in [-0.3, -0.25) is 4.68 Å². The van der Waals surface area contributed by atoms with E-state index in [1.54, 1.807) is 19.1 Å². The predicted octanol–water partition coefficient (Wildman–Crippen LogP) is 3.98. The first-order valence-corrected chi connectivity index (χ1v) is 7.64. The molecule has 0 spiro atoms. The third-order valence-corrected chi connectivity index (χ3v) is 4.03. The van der Waals surface area contributed by atoms with Crippen molar-refractivity contribution in [3.8, 4) is 5.75 Å². The van der Waals surface area contributed by atoms with Crippen molar-refractivity contribution in [2.24, 2.45) is 0 Å². The number of carbonyl (C=O) groups excluding carboxylic acids is 1. The average molecular weight is 408 g/mol. The van der Waals surface area contributed by atoms with Gasteiger partial charge in [0.2, 0.25) is 0 Å². The molecule has 2 aromatic carbocycles. The summed E-state index contributed by atoms with van der Waals surface area (Å²) in [6.07, 6.45) is -3.22. The second-order valence-corrected chi connectivity index (χ2v) is 5.75. The van der Waals surface area contributed by atoms with Crippen LogP contribution in [0.25, 0.3) is 10.9 Å². The Morgan fingerprint density at radius 2 is 2.04 bits per heavy atom. The van der Waals surface area contributed by atoms with Crippen LogP contribution >= 0.6 is 11.6 Å². The van der Waals surface area contributed by atoms with E-state index < -0.39 is 18.2 Å². The summed E-state index contributed by atoms with van der Waals surface area (Å²) < 4.78 is 44.8. The van der Waals surface area contributed by atoms with Gasteiger partial charge < -0.3 is 4.74 Å². The molecule has 26 heavy (non-hydrogen) atoms. The van der Waals surface area contributed by atoms with E-state index in [1.807, 2.05) is 0 Å². The van der Waals surface area contributed by atoms with Crippen molar-refractivity contribution in [3.05, 3.63) is 58.5 Å². The number of nitrogens with zero attached hydrogens (tertiary/aromatic N) is 2. The molecule has 0 bridgehead atoms. The van der Waals surface area contributed by atoms with E-state index in [0.717, 1.165) is 5.39 Å². The Bertz CT molecular complexity index is 942. The number of rotatable bonds is 4. The summed E-state index contributed by atoms with van der Waals surface area (Å²) in [5.74, 6) is -2.16. The maximum Gasteiger partial charge on any atom is 0.379 e. The molecule has 0 N–H and O–H groups in total. The van der Waals surface area contributed by atoms with Gasteiger partial charge in [0.15, 0.2) is 0 Å². The topological polar surface area (TPSA) is 44.1 Å². The third kappa shape index (κ3) is 4.49. The Labute approximate surface area is 194 Å². The Hall–Kier alpha value is -0.904. The van der Waals surface area contributed by atoms with Crippen LogP contribution in [-0.2, 0) is 11.3 Å². The number of halogens is 4. The number of carbonyl (C=O) groups is 1. The molecule has 0 aliphatic heterocycles. The minimum absolute atomic E-state index is 0. The molecule has 0 atom stereocenters.